The molecule has 0 bridgehead atoms. The molecule has 0 radical (unpaired) electrons. The Morgan fingerprint density at radius 3 is 2.60 bits per heavy atom. The molecule has 1 aromatic rings. The van der Waals surface area contributed by atoms with Crippen LogP contribution in [0.3, 0.4) is 0 Å². The minimum Gasteiger partial charge on any atom is -0.372 e. The molecule has 1 unspecified atom stereocenters. The second kappa shape index (κ2) is 10.3. The molecule has 1 amide bonds. The monoisotopic (exact) mass is 343 g/mol. The molecule has 0 aliphatic heterocycles. The molecule has 1 aromatic heterocycles. The summed E-state index contributed by atoms with van der Waals surface area (Å²) >= 11 is 1.55. The van der Waals surface area contributed by atoms with E-state index in [1.165, 1.54) is 0 Å². The summed E-state index contributed by atoms with van der Waals surface area (Å²) in [4.78, 5) is 17.7. The first-order valence-corrected chi connectivity index (χ1v) is 6.90. The fraction of sp³-hybridized carbons (Fsp3) is 0.667. The Balaban J connectivity index is 0. The van der Waals surface area contributed by atoms with Crippen LogP contribution in [0.2, 0.25) is 0 Å². The summed E-state index contributed by atoms with van der Waals surface area (Å²) in [7, 11) is 1.73. The summed E-state index contributed by atoms with van der Waals surface area (Å²) in [6.07, 6.45) is 0.00295. The number of thiazole rings is 1. The van der Waals surface area contributed by atoms with Crippen LogP contribution < -0.4 is 5.73 Å². The minimum atomic E-state index is -0.476. The van der Waals surface area contributed by atoms with Gasteiger partial charge in [0, 0.05) is 19.0 Å². The van der Waals surface area contributed by atoms with Crippen LogP contribution in [-0.4, -0.2) is 35.5 Å². The number of aromatic nitrogens is 1. The van der Waals surface area contributed by atoms with Gasteiger partial charge in [0.15, 0.2) is 0 Å². The van der Waals surface area contributed by atoms with Gasteiger partial charge in [0.05, 0.1) is 18.3 Å². The Morgan fingerprint density at radius 1 is 1.50 bits per heavy atom. The summed E-state index contributed by atoms with van der Waals surface area (Å²) in [5.41, 5.74) is 6.43. The van der Waals surface area contributed by atoms with E-state index >= 15 is 0 Å². The van der Waals surface area contributed by atoms with Crippen LogP contribution >= 0.6 is 36.2 Å². The smallest absolute Gasteiger partial charge is 0.239 e. The van der Waals surface area contributed by atoms with Gasteiger partial charge in [-0.05, 0) is 20.8 Å². The summed E-state index contributed by atoms with van der Waals surface area (Å²) < 4.78 is 5.48. The van der Waals surface area contributed by atoms with Gasteiger partial charge in [-0.25, -0.2) is 4.98 Å². The minimum absolute atomic E-state index is 0. The molecule has 0 aliphatic rings. The van der Waals surface area contributed by atoms with Crippen molar-refractivity contribution >= 4 is 42.1 Å². The fourth-order valence-corrected chi connectivity index (χ4v) is 2.39. The van der Waals surface area contributed by atoms with Crippen LogP contribution in [0.5, 0.6) is 0 Å². The van der Waals surface area contributed by atoms with E-state index in [0.29, 0.717) is 13.2 Å². The molecular formula is C12H23Cl2N3O2S. The van der Waals surface area contributed by atoms with Gasteiger partial charge >= 0.3 is 0 Å². The molecule has 0 aromatic carbocycles. The Bertz CT molecular complexity index is 402. The fourth-order valence-electron chi connectivity index (χ4n) is 1.57. The zero-order valence-corrected chi connectivity index (χ0v) is 14.6. The van der Waals surface area contributed by atoms with Crippen LogP contribution in [0.25, 0.3) is 0 Å². The number of amides is 1. The van der Waals surface area contributed by atoms with Crippen molar-refractivity contribution in [1.29, 1.82) is 0 Å². The molecule has 0 aliphatic carbocycles. The van der Waals surface area contributed by atoms with Gasteiger partial charge in [-0.1, -0.05) is 0 Å². The van der Waals surface area contributed by atoms with E-state index < -0.39 is 6.04 Å². The number of ether oxygens (including phenoxy) is 1. The van der Waals surface area contributed by atoms with E-state index in [2.05, 4.69) is 4.98 Å². The highest BCUT2D eigenvalue weighted by atomic mass is 35.5. The van der Waals surface area contributed by atoms with Crippen molar-refractivity contribution in [2.24, 2.45) is 5.73 Å². The average Bonchev–Trinajstić information content (AvgIpc) is 2.76. The van der Waals surface area contributed by atoms with Crippen LogP contribution in [0.4, 0.5) is 0 Å². The third-order valence-electron chi connectivity index (χ3n) is 2.50. The van der Waals surface area contributed by atoms with Gasteiger partial charge in [0.1, 0.15) is 11.1 Å². The van der Waals surface area contributed by atoms with Gasteiger partial charge < -0.3 is 15.4 Å². The van der Waals surface area contributed by atoms with Crippen molar-refractivity contribution in [2.45, 2.75) is 39.5 Å². The molecule has 2 N–H and O–H groups in total. The molecule has 5 nitrogen and oxygen atoms in total. The summed E-state index contributed by atoms with van der Waals surface area (Å²) in [5.74, 6) is -0.0811. The van der Waals surface area contributed by atoms with Gasteiger partial charge in [-0.3, -0.25) is 4.79 Å². The number of hydrogen-bond acceptors (Lipinski definition) is 5. The summed E-state index contributed by atoms with van der Waals surface area (Å²) in [6.45, 7) is 6.76. The number of carbonyl (C=O) groups is 1. The molecular weight excluding hydrogens is 321 g/mol. The third-order valence-corrected chi connectivity index (χ3v) is 3.55. The number of likely N-dealkylation sites (N-methyl/N-ethyl adjacent to an activating group) is 1. The quantitative estimate of drug-likeness (QED) is 0.860. The molecule has 118 valence electrons. The SMILES string of the molecule is CCOC(C)c1nc(CN(C)C(=O)[C@@H](C)N)cs1.Cl.Cl. The average molecular weight is 344 g/mol. The number of hydrogen-bond donors (Lipinski definition) is 1. The Morgan fingerprint density at radius 2 is 2.10 bits per heavy atom. The maximum Gasteiger partial charge on any atom is 0.239 e. The highest BCUT2D eigenvalue weighted by molar-refractivity contribution is 7.09. The number of halogens is 2. The zero-order valence-electron chi connectivity index (χ0n) is 12.2. The lowest BCUT2D eigenvalue weighted by Crippen LogP contribution is -2.39. The van der Waals surface area contributed by atoms with Gasteiger partial charge in [0.2, 0.25) is 5.91 Å². The van der Waals surface area contributed by atoms with E-state index in [1.807, 2.05) is 19.2 Å². The predicted octanol–water partition coefficient (Wildman–Crippen LogP) is 2.39. The Labute approximate surface area is 136 Å². The van der Waals surface area contributed by atoms with Crippen molar-refractivity contribution in [3.63, 3.8) is 0 Å². The van der Waals surface area contributed by atoms with Crippen LogP contribution in [0, 0.1) is 0 Å². The second-order valence-electron chi connectivity index (χ2n) is 4.26. The van der Waals surface area contributed by atoms with Crippen molar-refractivity contribution in [1.82, 2.24) is 9.88 Å². The van der Waals surface area contributed by atoms with E-state index in [4.69, 9.17) is 10.5 Å². The zero-order chi connectivity index (χ0) is 13.7. The number of rotatable bonds is 6. The summed E-state index contributed by atoms with van der Waals surface area (Å²) in [5, 5.41) is 2.89. The first-order chi connectivity index (χ1) is 8.45. The van der Waals surface area contributed by atoms with Crippen LogP contribution in [0.1, 0.15) is 37.6 Å². The van der Waals surface area contributed by atoms with E-state index in [9.17, 15) is 4.79 Å². The highest BCUT2D eigenvalue weighted by Gasteiger charge is 2.16. The third kappa shape index (κ3) is 6.37. The lowest BCUT2D eigenvalue weighted by Gasteiger charge is -2.17. The predicted molar refractivity (Wildman–Crippen MR) is 86.8 cm³/mol. The molecule has 1 rings (SSSR count). The van der Waals surface area contributed by atoms with Gasteiger partial charge in [-0.2, -0.15) is 0 Å². The number of nitrogens with two attached hydrogens (primary N) is 1. The van der Waals surface area contributed by atoms with Crippen molar-refractivity contribution in [2.75, 3.05) is 13.7 Å². The molecule has 0 saturated heterocycles. The first kappa shape index (κ1) is 21.9. The standard InChI is InChI=1S/C12H21N3O2S.2ClH/c1-5-17-9(3)11-14-10(7-18-11)6-15(4)12(16)8(2)13;;/h7-9H,5-6,13H2,1-4H3;2*1H/t8-,9?;;/m1../s1. The highest BCUT2D eigenvalue weighted by Crippen LogP contribution is 2.21. The first-order valence-electron chi connectivity index (χ1n) is 6.02. The number of carbonyl (C=O) groups excluding carboxylic acids is 1. The second-order valence-corrected chi connectivity index (χ2v) is 5.15. The van der Waals surface area contributed by atoms with Crippen LogP contribution in [0.15, 0.2) is 5.38 Å². The van der Waals surface area contributed by atoms with Gasteiger partial charge in [0.25, 0.3) is 0 Å². The largest absolute Gasteiger partial charge is 0.372 e. The Hall–Kier alpha value is -0.400. The normalized spacial score (nSPS) is 12.8. The molecule has 0 fully saturated rings. The molecule has 0 saturated carbocycles. The van der Waals surface area contributed by atoms with Gasteiger partial charge in [-0.15, -0.1) is 36.2 Å². The molecule has 1 heterocycles. The van der Waals surface area contributed by atoms with E-state index in [1.54, 1.807) is 30.2 Å². The molecule has 8 heteroatoms. The van der Waals surface area contributed by atoms with E-state index in [0.717, 1.165) is 10.7 Å². The maximum atomic E-state index is 11.6. The lowest BCUT2D eigenvalue weighted by molar-refractivity contribution is -0.131. The molecule has 0 spiro atoms. The van der Waals surface area contributed by atoms with Crippen molar-refractivity contribution in [3.05, 3.63) is 16.1 Å². The van der Waals surface area contributed by atoms with E-state index in [-0.39, 0.29) is 36.8 Å². The Kier molecular flexibility index (Phi) is 11.3. The van der Waals surface area contributed by atoms with Crippen LogP contribution in [-0.2, 0) is 16.1 Å². The number of nitrogens with zero attached hydrogens (tertiary/aromatic N) is 2. The van der Waals surface area contributed by atoms with Crippen molar-refractivity contribution in [3.8, 4) is 0 Å². The maximum absolute atomic E-state index is 11.6. The van der Waals surface area contributed by atoms with Crippen molar-refractivity contribution < 1.29 is 9.53 Å². The lowest BCUT2D eigenvalue weighted by atomic mass is 10.3. The molecule has 20 heavy (non-hydrogen) atoms. The molecule has 2 atom stereocenters. The topological polar surface area (TPSA) is 68.5 Å². The summed E-state index contributed by atoms with van der Waals surface area (Å²) in [6, 6.07) is -0.476.